The lowest BCUT2D eigenvalue weighted by atomic mass is 10.2. The van der Waals surface area contributed by atoms with Gasteiger partial charge in [-0.2, -0.15) is 0 Å². The molecule has 1 N–H and O–H groups in total. The minimum absolute atomic E-state index is 0.261. The molecule has 1 saturated heterocycles. The van der Waals surface area contributed by atoms with E-state index in [0.717, 1.165) is 11.3 Å². The third-order valence-electron chi connectivity index (χ3n) is 3.46. The van der Waals surface area contributed by atoms with Crippen LogP contribution in [0.5, 0.6) is 0 Å². The van der Waals surface area contributed by atoms with Gasteiger partial charge in [-0.05, 0) is 43.8 Å². The molecule has 0 atom stereocenters. The van der Waals surface area contributed by atoms with E-state index in [1.165, 1.54) is 0 Å². The molecular weight excluding hydrogens is 322 g/mol. The number of rotatable bonds is 2. The van der Waals surface area contributed by atoms with Gasteiger partial charge in [-0.3, -0.25) is 0 Å². The quantitative estimate of drug-likeness (QED) is 0.837. The highest BCUT2D eigenvalue weighted by molar-refractivity contribution is 7.80. The van der Waals surface area contributed by atoms with Gasteiger partial charge in [0.25, 0.3) is 0 Å². The van der Waals surface area contributed by atoms with Gasteiger partial charge in [-0.25, -0.2) is 4.79 Å². The van der Waals surface area contributed by atoms with Gasteiger partial charge in [-0.15, -0.1) is 0 Å². The van der Waals surface area contributed by atoms with Crippen LogP contribution in [0.25, 0.3) is 0 Å². The zero-order valence-electron chi connectivity index (χ0n) is 12.8. The molecule has 1 aliphatic rings. The summed E-state index contributed by atoms with van der Waals surface area (Å²) >= 11 is 11.6. The van der Waals surface area contributed by atoms with Gasteiger partial charge >= 0.3 is 6.09 Å². The van der Waals surface area contributed by atoms with E-state index in [0.29, 0.717) is 42.9 Å². The minimum atomic E-state index is -0.261. The molecule has 1 fully saturated rings. The van der Waals surface area contributed by atoms with E-state index in [9.17, 15) is 4.79 Å². The molecule has 1 heterocycles. The molecule has 1 aromatic carbocycles. The van der Waals surface area contributed by atoms with Crippen molar-refractivity contribution in [2.75, 3.05) is 38.1 Å². The number of nitrogens with zero attached hydrogens (tertiary/aromatic N) is 2. The summed E-state index contributed by atoms with van der Waals surface area (Å²) < 4.78 is 5.00. The van der Waals surface area contributed by atoms with Gasteiger partial charge in [0.2, 0.25) is 0 Å². The predicted octanol–water partition coefficient (Wildman–Crippen LogP) is 3.12. The lowest BCUT2D eigenvalue weighted by molar-refractivity contribution is 0.0923. The third-order valence-corrected chi connectivity index (χ3v) is 4.13. The number of carbonyl (C=O) groups is 1. The SMILES string of the molecule is CCOC(=O)N1CCN(C(=S)Nc2ccc(C)cc2Cl)CC1. The maximum Gasteiger partial charge on any atom is 0.409 e. The van der Waals surface area contributed by atoms with Crippen LogP contribution in [0.2, 0.25) is 5.02 Å². The van der Waals surface area contributed by atoms with E-state index in [1.807, 2.05) is 30.0 Å². The van der Waals surface area contributed by atoms with E-state index in [1.54, 1.807) is 11.8 Å². The first-order valence-electron chi connectivity index (χ1n) is 7.25. The molecule has 22 heavy (non-hydrogen) atoms. The molecule has 7 heteroatoms. The van der Waals surface area contributed by atoms with Crippen LogP contribution in [0, 0.1) is 6.92 Å². The van der Waals surface area contributed by atoms with E-state index in [4.69, 9.17) is 28.6 Å². The number of anilines is 1. The Bertz CT molecular complexity index is 560. The number of ether oxygens (including phenoxy) is 1. The van der Waals surface area contributed by atoms with Gasteiger partial charge in [0.15, 0.2) is 5.11 Å². The summed E-state index contributed by atoms with van der Waals surface area (Å²) in [7, 11) is 0. The van der Waals surface area contributed by atoms with Crippen LogP contribution >= 0.6 is 23.8 Å². The Morgan fingerprint density at radius 2 is 1.95 bits per heavy atom. The fourth-order valence-electron chi connectivity index (χ4n) is 2.22. The highest BCUT2D eigenvalue weighted by Crippen LogP contribution is 2.23. The smallest absolute Gasteiger partial charge is 0.409 e. The molecular formula is C15H20ClN3O2S. The molecule has 2 rings (SSSR count). The predicted molar refractivity (Wildman–Crippen MR) is 92.6 cm³/mol. The Morgan fingerprint density at radius 3 is 2.55 bits per heavy atom. The van der Waals surface area contributed by atoms with E-state index >= 15 is 0 Å². The fraction of sp³-hybridized carbons (Fsp3) is 0.467. The van der Waals surface area contributed by atoms with Gasteiger partial charge < -0.3 is 19.9 Å². The summed E-state index contributed by atoms with van der Waals surface area (Å²) in [6.07, 6.45) is -0.261. The Morgan fingerprint density at radius 1 is 1.32 bits per heavy atom. The Labute approximate surface area is 141 Å². The zero-order valence-corrected chi connectivity index (χ0v) is 14.3. The van der Waals surface area contributed by atoms with Crippen molar-refractivity contribution in [3.63, 3.8) is 0 Å². The first-order chi connectivity index (χ1) is 10.5. The summed E-state index contributed by atoms with van der Waals surface area (Å²) in [6, 6.07) is 5.79. The lowest BCUT2D eigenvalue weighted by Crippen LogP contribution is -2.51. The number of thiocarbonyl (C=S) groups is 1. The highest BCUT2D eigenvalue weighted by atomic mass is 35.5. The van der Waals surface area contributed by atoms with Crippen LogP contribution in [-0.4, -0.2) is 53.8 Å². The lowest BCUT2D eigenvalue weighted by Gasteiger charge is -2.35. The molecule has 0 bridgehead atoms. The van der Waals surface area contributed by atoms with Crippen molar-refractivity contribution in [2.24, 2.45) is 0 Å². The molecule has 0 saturated carbocycles. The Hall–Kier alpha value is -1.53. The number of nitrogens with one attached hydrogen (secondary N) is 1. The minimum Gasteiger partial charge on any atom is -0.450 e. The van der Waals surface area contributed by atoms with Crippen LogP contribution in [-0.2, 0) is 4.74 Å². The molecule has 0 unspecified atom stereocenters. The number of aryl methyl sites for hydroxylation is 1. The summed E-state index contributed by atoms with van der Waals surface area (Å²) in [6.45, 7) is 6.73. The van der Waals surface area contributed by atoms with Crippen LogP contribution in [0.4, 0.5) is 10.5 Å². The second-order valence-corrected chi connectivity index (χ2v) is 5.88. The largest absolute Gasteiger partial charge is 0.450 e. The normalized spacial score (nSPS) is 14.7. The van der Waals surface area contributed by atoms with Crippen molar-refractivity contribution < 1.29 is 9.53 Å². The van der Waals surface area contributed by atoms with E-state index in [2.05, 4.69) is 5.32 Å². The second kappa shape index (κ2) is 7.65. The van der Waals surface area contributed by atoms with E-state index < -0.39 is 0 Å². The second-order valence-electron chi connectivity index (χ2n) is 5.09. The summed E-state index contributed by atoms with van der Waals surface area (Å²) in [5, 5.41) is 4.43. The maximum atomic E-state index is 11.7. The highest BCUT2D eigenvalue weighted by Gasteiger charge is 2.23. The Kier molecular flexibility index (Phi) is 5.85. The van der Waals surface area contributed by atoms with E-state index in [-0.39, 0.29) is 6.09 Å². The fourth-order valence-corrected chi connectivity index (χ4v) is 2.80. The number of benzene rings is 1. The molecule has 0 aromatic heterocycles. The number of amides is 1. The molecule has 0 spiro atoms. The van der Waals surface area contributed by atoms with Gasteiger partial charge in [0.05, 0.1) is 17.3 Å². The summed E-state index contributed by atoms with van der Waals surface area (Å²) in [5.41, 5.74) is 1.90. The average Bonchev–Trinajstić information content (AvgIpc) is 2.50. The van der Waals surface area contributed by atoms with Crippen LogP contribution in [0.15, 0.2) is 18.2 Å². The first-order valence-corrected chi connectivity index (χ1v) is 8.03. The van der Waals surface area contributed by atoms with Crippen LogP contribution in [0.1, 0.15) is 12.5 Å². The number of carbonyl (C=O) groups excluding carboxylic acids is 1. The Balaban J connectivity index is 1.88. The molecule has 120 valence electrons. The molecule has 0 radical (unpaired) electrons. The third kappa shape index (κ3) is 4.24. The molecule has 5 nitrogen and oxygen atoms in total. The summed E-state index contributed by atoms with van der Waals surface area (Å²) in [5.74, 6) is 0. The molecule has 0 aliphatic carbocycles. The molecule has 1 amide bonds. The standard InChI is InChI=1S/C15H20ClN3O2S/c1-3-21-15(20)19-8-6-18(7-9-19)14(22)17-13-5-4-11(2)10-12(13)16/h4-5,10H,3,6-9H2,1-2H3,(H,17,22). The number of piperazine rings is 1. The number of hydrogen-bond acceptors (Lipinski definition) is 3. The van der Waals surface area contributed by atoms with Crippen molar-refractivity contribution >= 4 is 40.7 Å². The molecule has 1 aromatic rings. The van der Waals surface area contributed by atoms with Crippen molar-refractivity contribution in [2.45, 2.75) is 13.8 Å². The number of halogens is 1. The van der Waals surface area contributed by atoms with Gasteiger partial charge in [-0.1, -0.05) is 17.7 Å². The number of hydrogen-bond donors (Lipinski definition) is 1. The van der Waals surface area contributed by atoms with Crippen LogP contribution in [0.3, 0.4) is 0 Å². The average molecular weight is 342 g/mol. The first kappa shape index (κ1) is 16.8. The van der Waals surface area contributed by atoms with Crippen molar-refractivity contribution in [1.29, 1.82) is 0 Å². The van der Waals surface area contributed by atoms with Crippen molar-refractivity contribution in [1.82, 2.24) is 9.80 Å². The van der Waals surface area contributed by atoms with Crippen molar-refractivity contribution in [3.8, 4) is 0 Å². The van der Waals surface area contributed by atoms with Crippen LogP contribution < -0.4 is 5.32 Å². The maximum absolute atomic E-state index is 11.7. The van der Waals surface area contributed by atoms with Crippen molar-refractivity contribution in [3.05, 3.63) is 28.8 Å². The van der Waals surface area contributed by atoms with Gasteiger partial charge in [0, 0.05) is 26.2 Å². The topological polar surface area (TPSA) is 44.8 Å². The monoisotopic (exact) mass is 341 g/mol. The zero-order chi connectivity index (χ0) is 16.1. The summed E-state index contributed by atoms with van der Waals surface area (Å²) in [4.78, 5) is 15.4. The van der Waals surface area contributed by atoms with Gasteiger partial charge in [0.1, 0.15) is 0 Å². The molecule has 1 aliphatic heterocycles.